The third-order valence-corrected chi connectivity index (χ3v) is 2.90. The fraction of sp³-hybridized carbons (Fsp3) is 0.400. The lowest BCUT2D eigenvalue weighted by molar-refractivity contribution is -0.117. The lowest BCUT2D eigenvalue weighted by atomic mass is 10.2. The molecule has 0 aliphatic carbocycles. The fourth-order valence-electron chi connectivity index (χ4n) is 2.18. The van der Waals surface area contributed by atoms with Gasteiger partial charge in [0.05, 0.1) is 11.7 Å². The predicted octanol–water partition coefficient (Wildman–Crippen LogP) is 0.552. The van der Waals surface area contributed by atoms with Gasteiger partial charge in [0.25, 0.3) is 0 Å². The Morgan fingerprint density at radius 3 is 3.33 bits per heavy atom. The number of rotatable bonds is 0. The highest BCUT2D eigenvalue weighted by Crippen LogP contribution is 2.40. The maximum Gasteiger partial charge on any atom is 0.240 e. The fourth-order valence-corrected chi connectivity index (χ4v) is 2.18. The zero-order chi connectivity index (χ0) is 10.4. The van der Waals surface area contributed by atoms with Crippen LogP contribution in [0, 0.1) is 0 Å². The molecule has 2 aliphatic rings. The van der Waals surface area contributed by atoms with Gasteiger partial charge in [-0.15, -0.1) is 0 Å². The van der Waals surface area contributed by atoms with E-state index < -0.39 is 0 Å². The van der Waals surface area contributed by atoms with Crippen LogP contribution in [0.25, 0.3) is 0 Å². The van der Waals surface area contributed by atoms with Crippen LogP contribution in [-0.4, -0.2) is 23.5 Å². The lowest BCUT2D eigenvalue weighted by Gasteiger charge is -2.31. The van der Waals surface area contributed by atoms with Gasteiger partial charge in [-0.3, -0.25) is 9.69 Å². The van der Waals surface area contributed by atoms with Crippen molar-refractivity contribution in [3.8, 4) is 5.88 Å². The molecule has 1 aromatic rings. The molecule has 0 aromatic carbocycles. The number of nitrogens with zero attached hydrogens (tertiary/aromatic N) is 2. The number of hydrogen-bond acceptors (Lipinski definition) is 4. The van der Waals surface area contributed by atoms with Crippen LogP contribution in [0.4, 0.5) is 11.4 Å². The van der Waals surface area contributed by atoms with E-state index in [4.69, 9.17) is 10.5 Å². The quantitative estimate of drug-likeness (QED) is 0.671. The molecule has 1 saturated heterocycles. The second-order valence-electron chi connectivity index (χ2n) is 3.82. The van der Waals surface area contributed by atoms with E-state index in [9.17, 15) is 4.79 Å². The monoisotopic (exact) mass is 205 g/mol. The number of aromatic nitrogens is 1. The molecule has 3 heterocycles. The van der Waals surface area contributed by atoms with E-state index in [1.165, 1.54) is 0 Å². The van der Waals surface area contributed by atoms with Gasteiger partial charge in [0.15, 0.2) is 0 Å². The molecule has 5 nitrogen and oxygen atoms in total. The highest BCUT2D eigenvalue weighted by atomic mass is 16.5. The first-order valence-corrected chi connectivity index (χ1v) is 4.96. The second-order valence-corrected chi connectivity index (χ2v) is 3.82. The molecule has 0 radical (unpaired) electrons. The molecule has 5 heteroatoms. The van der Waals surface area contributed by atoms with E-state index in [1.54, 1.807) is 17.2 Å². The molecule has 15 heavy (non-hydrogen) atoms. The zero-order valence-electron chi connectivity index (χ0n) is 8.14. The number of nitrogen functional groups attached to an aromatic ring is 1. The lowest BCUT2D eigenvalue weighted by Crippen LogP contribution is -2.41. The van der Waals surface area contributed by atoms with E-state index in [1.807, 2.05) is 0 Å². The van der Waals surface area contributed by atoms with Crippen LogP contribution in [0.2, 0.25) is 0 Å². The Morgan fingerprint density at radius 2 is 2.47 bits per heavy atom. The minimum Gasteiger partial charge on any atom is -0.474 e. The summed E-state index contributed by atoms with van der Waals surface area (Å²) < 4.78 is 5.48. The van der Waals surface area contributed by atoms with Gasteiger partial charge in [-0.2, -0.15) is 0 Å². The molecule has 1 unspecified atom stereocenters. The highest BCUT2D eigenvalue weighted by Gasteiger charge is 2.39. The van der Waals surface area contributed by atoms with Crippen LogP contribution in [0.3, 0.4) is 0 Å². The number of carbonyl (C=O) groups excluding carboxylic acids is 1. The maximum atomic E-state index is 11.7. The topological polar surface area (TPSA) is 68.5 Å². The highest BCUT2D eigenvalue weighted by molar-refractivity contribution is 6.00. The van der Waals surface area contributed by atoms with Crippen molar-refractivity contribution in [3.05, 3.63) is 12.3 Å². The first-order chi connectivity index (χ1) is 7.27. The van der Waals surface area contributed by atoms with Gasteiger partial charge in [0.2, 0.25) is 11.8 Å². The van der Waals surface area contributed by atoms with Gasteiger partial charge >= 0.3 is 0 Å². The Labute approximate surface area is 86.8 Å². The molecule has 1 aromatic heterocycles. The number of amides is 1. The summed E-state index contributed by atoms with van der Waals surface area (Å²) in [5.74, 6) is 0.589. The summed E-state index contributed by atoms with van der Waals surface area (Å²) in [6, 6.07) is 1.83. The summed E-state index contributed by atoms with van der Waals surface area (Å²) in [4.78, 5) is 17.5. The smallest absolute Gasteiger partial charge is 0.240 e. The van der Waals surface area contributed by atoms with Crippen LogP contribution in [-0.2, 0) is 4.79 Å². The van der Waals surface area contributed by atoms with Gasteiger partial charge in [-0.05, 0) is 12.5 Å². The molecule has 0 saturated carbocycles. The number of hydrogen-bond donors (Lipinski definition) is 1. The first kappa shape index (κ1) is 8.52. The summed E-state index contributed by atoms with van der Waals surface area (Å²) in [6.07, 6.45) is 3.00. The average molecular weight is 205 g/mol. The van der Waals surface area contributed by atoms with Crippen molar-refractivity contribution in [3.63, 3.8) is 0 Å². The number of carbonyl (C=O) groups is 1. The average Bonchev–Trinajstić information content (AvgIpc) is 2.61. The molecule has 0 bridgehead atoms. The van der Waals surface area contributed by atoms with Crippen molar-refractivity contribution in [2.24, 2.45) is 0 Å². The molecule has 1 fully saturated rings. The van der Waals surface area contributed by atoms with Gasteiger partial charge in [0.1, 0.15) is 12.3 Å². The minimum atomic E-state index is 0.115. The molecule has 0 spiro atoms. The minimum absolute atomic E-state index is 0.115. The van der Waals surface area contributed by atoms with Gasteiger partial charge in [-0.25, -0.2) is 4.98 Å². The Morgan fingerprint density at radius 1 is 1.60 bits per heavy atom. The summed E-state index contributed by atoms with van der Waals surface area (Å²) in [7, 11) is 0. The normalized spacial score (nSPS) is 23.3. The number of ether oxygens (including phenoxy) is 1. The molecule has 2 aliphatic heterocycles. The van der Waals surface area contributed by atoms with Crippen LogP contribution in [0.15, 0.2) is 12.3 Å². The Hall–Kier alpha value is -1.78. The van der Waals surface area contributed by atoms with E-state index in [2.05, 4.69) is 4.98 Å². The van der Waals surface area contributed by atoms with Gasteiger partial charge in [0, 0.05) is 12.6 Å². The van der Waals surface area contributed by atoms with Crippen molar-refractivity contribution < 1.29 is 9.53 Å². The van der Waals surface area contributed by atoms with E-state index >= 15 is 0 Å². The Kier molecular flexibility index (Phi) is 1.62. The van der Waals surface area contributed by atoms with E-state index in [-0.39, 0.29) is 11.9 Å². The van der Waals surface area contributed by atoms with Crippen molar-refractivity contribution in [2.75, 3.05) is 17.2 Å². The number of pyridine rings is 1. The summed E-state index contributed by atoms with van der Waals surface area (Å²) in [6.45, 7) is 0.523. The zero-order valence-corrected chi connectivity index (χ0v) is 8.14. The number of anilines is 2. The maximum absolute atomic E-state index is 11.7. The Balaban J connectivity index is 2.16. The predicted molar refractivity (Wildman–Crippen MR) is 54.7 cm³/mol. The van der Waals surface area contributed by atoms with E-state index in [0.29, 0.717) is 30.3 Å². The molecule has 78 valence electrons. The molecular weight excluding hydrogens is 194 g/mol. The van der Waals surface area contributed by atoms with Crippen LogP contribution >= 0.6 is 0 Å². The standard InChI is InChI=1S/C10H11N3O2/c11-7-3-4-12-10-9(7)13-6(5-15-10)1-2-8(13)14/h3-4,6H,1-2,5H2,(H2,11,12). The van der Waals surface area contributed by atoms with Gasteiger partial charge < -0.3 is 10.5 Å². The van der Waals surface area contributed by atoms with Crippen LogP contribution in [0.5, 0.6) is 5.88 Å². The largest absolute Gasteiger partial charge is 0.474 e. The van der Waals surface area contributed by atoms with Crippen molar-refractivity contribution in [1.82, 2.24) is 4.98 Å². The van der Waals surface area contributed by atoms with Crippen molar-refractivity contribution in [2.45, 2.75) is 18.9 Å². The summed E-state index contributed by atoms with van der Waals surface area (Å²) >= 11 is 0. The second kappa shape index (κ2) is 2.85. The van der Waals surface area contributed by atoms with Crippen LogP contribution in [0.1, 0.15) is 12.8 Å². The first-order valence-electron chi connectivity index (χ1n) is 4.96. The Bertz CT molecular complexity index is 433. The molecule has 1 atom stereocenters. The third-order valence-electron chi connectivity index (χ3n) is 2.90. The summed E-state index contributed by atoms with van der Waals surface area (Å²) in [5.41, 5.74) is 7.05. The van der Waals surface area contributed by atoms with Crippen molar-refractivity contribution in [1.29, 1.82) is 0 Å². The molecule has 3 rings (SSSR count). The SMILES string of the molecule is Nc1ccnc2c1N1C(=O)CCC1CO2. The number of nitrogens with two attached hydrogens (primary N) is 1. The van der Waals surface area contributed by atoms with Crippen molar-refractivity contribution >= 4 is 17.3 Å². The molecule has 1 amide bonds. The molecule has 2 N–H and O–H groups in total. The molecular formula is C10H11N3O2. The third kappa shape index (κ3) is 1.09. The van der Waals surface area contributed by atoms with Crippen LogP contribution < -0.4 is 15.4 Å². The number of fused-ring (bicyclic) bond motifs is 3. The van der Waals surface area contributed by atoms with Gasteiger partial charge in [-0.1, -0.05) is 0 Å². The summed E-state index contributed by atoms with van der Waals surface area (Å²) in [5, 5.41) is 0. The van der Waals surface area contributed by atoms with E-state index in [0.717, 1.165) is 6.42 Å².